The number of rotatable bonds is 3. The quantitative estimate of drug-likeness (QED) is 0.843. The SMILES string of the molecule is CC(C)Oc1ccc(C2NCCC2C)cc1. The van der Waals surface area contributed by atoms with Crippen molar-refractivity contribution in [1.29, 1.82) is 0 Å². The summed E-state index contributed by atoms with van der Waals surface area (Å²) in [4.78, 5) is 0. The first kappa shape index (κ1) is 11.5. The molecule has 1 N–H and O–H groups in total. The molecular weight excluding hydrogens is 198 g/mol. The first-order valence-electron chi connectivity index (χ1n) is 6.17. The third kappa shape index (κ3) is 2.56. The first-order chi connectivity index (χ1) is 7.66. The lowest BCUT2D eigenvalue weighted by Crippen LogP contribution is -2.16. The molecule has 0 spiro atoms. The zero-order valence-electron chi connectivity index (χ0n) is 10.4. The third-order valence-electron chi connectivity index (χ3n) is 3.14. The fourth-order valence-corrected chi connectivity index (χ4v) is 2.31. The molecule has 1 aromatic rings. The van der Waals surface area contributed by atoms with Gasteiger partial charge in [0.1, 0.15) is 5.75 Å². The van der Waals surface area contributed by atoms with Gasteiger partial charge in [-0.3, -0.25) is 0 Å². The highest BCUT2D eigenvalue weighted by molar-refractivity contribution is 5.30. The molecule has 0 bridgehead atoms. The summed E-state index contributed by atoms with van der Waals surface area (Å²) in [5.74, 6) is 1.70. The van der Waals surface area contributed by atoms with Gasteiger partial charge < -0.3 is 10.1 Å². The topological polar surface area (TPSA) is 21.3 Å². The van der Waals surface area contributed by atoms with Crippen LogP contribution in [0.1, 0.15) is 38.8 Å². The van der Waals surface area contributed by atoms with E-state index in [1.165, 1.54) is 12.0 Å². The van der Waals surface area contributed by atoms with Crippen molar-refractivity contribution in [1.82, 2.24) is 5.32 Å². The highest BCUT2D eigenvalue weighted by Crippen LogP contribution is 2.29. The van der Waals surface area contributed by atoms with Gasteiger partial charge in [-0.15, -0.1) is 0 Å². The zero-order chi connectivity index (χ0) is 11.5. The molecule has 2 rings (SSSR count). The highest BCUT2D eigenvalue weighted by atomic mass is 16.5. The van der Waals surface area contributed by atoms with Crippen LogP contribution in [-0.2, 0) is 0 Å². The van der Waals surface area contributed by atoms with E-state index in [-0.39, 0.29) is 6.10 Å². The van der Waals surface area contributed by atoms with E-state index in [1.807, 2.05) is 0 Å². The van der Waals surface area contributed by atoms with Gasteiger partial charge in [0.2, 0.25) is 0 Å². The van der Waals surface area contributed by atoms with E-state index in [2.05, 4.69) is 50.4 Å². The van der Waals surface area contributed by atoms with E-state index in [0.717, 1.165) is 18.2 Å². The average molecular weight is 219 g/mol. The number of ether oxygens (including phenoxy) is 1. The molecule has 1 saturated heterocycles. The van der Waals surface area contributed by atoms with E-state index < -0.39 is 0 Å². The minimum absolute atomic E-state index is 0.245. The van der Waals surface area contributed by atoms with Crippen LogP contribution in [0.3, 0.4) is 0 Å². The summed E-state index contributed by atoms with van der Waals surface area (Å²) in [7, 11) is 0. The Morgan fingerprint density at radius 1 is 1.25 bits per heavy atom. The standard InChI is InChI=1S/C14H21NO/c1-10(2)16-13-6-4-12(5-7-13)14-11(3)8-9-15-14/h4-7,10-11,14-15H,8-9H2,1-3H3. The molecule has 2 unspecified atom stereocenters. The van der Waals surface area contributed by atoms with Crippen molar-refractivity contribution in [2.45, 2.75) is 39.3 Å². The van der Waals surface area contributed by atoms with Crippen molar-refractivity contribution >= 4 is 0 Å². The van der Waals surface area contributed by atoms with Gasteiger partial charge in [0.15, 0.2) is 0 Å². The lowest BCUT2D eigenvalue weighted by molar-refractivity contribution is 0.242. The first-order valence-corrected chi connectivity index (χ1v) is 6.17. The van der Waals surface area contributed by atoms with Gasteiger partial charge in [0, 0.05) is 6.04 Å². The van der Waals surface area contributed by atoms with Crippen LogP contribution in [-0.4, -0.2) is 12.6 Å². The van der Waals surface area contributed by atoms with Crippen LogP contribution in [0.4, 0.5) is 0 Å². The van der Waals surface area contributed by atoms with Crippen LogP contribution >= 0.6 is 0 Å². The number of hydrogen-bond donors (Lipinski definition) is 1. The maximum absolute atomic E-state index is 5.64. The summed E-state index contributed by atoms with van der Waals surface area (Å²) < 4.78 is 5.64. The summed E-state index contributed by atoms with van der Waals surface area (Å²) in [6.45, 7) is 7.54. The number of nitrogens with one attached hydrogen (secondary N) is 1. The van der Waals surface area contributed by atoms with Gasteiger partial charge in [-0.1, -0.05) is 19.1 Å². The van der Waals surface area contributed by atoms with Gasteiger partial charge in [0.25, 0.3) is 0 Å². The molecule has 1 fully saturated rings. The molecular formula is C14H21NO. The van der Waals surface area contributed by atoms with Crippen molar-refractivity contribution < 1.29 is 4.74 Å². The molecule has 1 aromatic carbocycles. The van der Waals surface area contributed by atoms with Gasteiger partial charge in [-0.05, 0) is 50.4 Å². The number of benzene rings is 1. The smallest absolute Gasteiger partial charge is 0.119 e. The van der Waals surface area contributed by atoms with Crippen LogP contribution in [0, 0.1) is 5.92 Å². The summed E-state index contributed by atoms with van der Waals surface area (Å²) in [5.41, 5.74) is 1.38. The van der Waals surface area contributed by atoms with Crippen molar-refractivity contribution in [3.05, 3.63) is 29.8 Å². The highest BCUT2D eigenvalue weighted by Gasteiger charge is 2.23. The Hall–Kier alpha value is -1.02. The van der Waals surface area contributed by atoms with Gasteiger partial charge in [0.05, 0.1) is 6.10 Å². The molecule has 2 atom stereocenters. The molecule has 1 aliphatic heterocycles. The Morgan fingerprint density at radius 2 is 1.94 bits per heavy atom. The van der Waals surface area contributed by atoms with Crippen LogP contribution < -0.4 is 10.1 Å². The predicted octanol–water partition coefficient (Wildman–Crippen LogP) is 3.14. The minimum Gasteiger partial charge on any atom is -0.491 e. The molecule has 0 aromatic heterocycles. The second kappa shape index (κ2) is 4.88. The molecule has 0 saturated carbocycles. The Balaban J connectivity index is 2.07. The maximum atomic E-state index is 5.64. The van der Waals surface area contributed by atoms with E-state index in [9.17, 15) is 0 Å². The fraction of sp³-hybridized carbons (Fsp3) is 0.571. The van der Waals surface area contributed by atoms with Gasteiger partial charge >= 0.3 is 0 Å². The molecule has 0 radical (unpaired) electrons. The van der Waals surface area contributed by atoms with Crippen LogP contribution in [0.5, 0.6) is 5.75 Å². The van der Waals surface area contributed by atoms with E-state index >= 15 is 0 Å². The Labute approximate surface area is 98.0 Å². The summed E-state index contributed by atoms with van der Waals surface area (Å²) in [6, 6.07) is 9.02. The van der Waals surface area contributed by atoms with Crippen LogP contribution in [0.15, 0.2) is 24.3 Å². The van der Waals surface area contributed by atoms with Crippen molar-refractivity contribution in [3.8, 4) is 5.75 Å². The molecule has 1 aliphatic rings. The largest absolute Gasteiger partial charge is 0.491 e. The van der Waals surface area contributed by atoms with Crippen molar-refractivity contribution in [2.75, 3.05) is 6.54 Å². The minimum atomic E-state index is 0.245. The van der Waals surface area contributed by atoms with Gasteiger partial charge in [-0.25, -0.2) is 0 Å². The molecule has 2 nitrogen and oxygen atoms in total. The lowest BCUT2D eigenvalue weighted by atomic mass is 9.96. The Morgan fingerprint density at radius 3 is 2.44 bits per heavy atom. The normalized spacial score (nSPS) is 25.0. The third-order valence-corrected chi connectivity index (χ3v) is 3.14. The van der Waals surface area contributed by atoms with E-state index in [4.69, 9.17) is 4.74 Å². The van der Waals surface area contributed by atoms with Crippen LogP contribution in [0.25, 0.3) is 0 Å². The number of hydrogen-bond acceptors (Lipinski definition) is 2. The molecule has 88 valence electrons. The van der Waals surface area contributed by atoms with E-state index in [1.54, 1.807) is 0 Å². The molecule has 1 heterocycles. The van der Waals surface area contributed by atoms with Gasteiger partial charge in [-0.2, -0.15) is 0 Å². The molecule has 16 heavy (non-hydrogen) atoms. The second-order valence-electron chi connectivity index (χ2n) is 4.93. The summed E-state index contributed by atoms with van der Waals surface area (Å²) in [6.07, 6.45) is 1.52. The molecule has 0 amide bonds. The lowest BCUT2D eigenvalue weighted by Gasteiger charge is -2.17. The fourth-order valence-electron chi connectivity index (χ4n) is 2.31. The maximum Gasteiger partial charge on any atom is 0.119 e. The van der Waals surface area contributed by atoms with E-state index in [0.29, 0.717) is 6.04 Å². The monoisotopic (exact) mass is 219 g/mol. The molecule has 0 aliphatic carbocycles. The average Bonchev–Trinajstić information content (AvgIpc) is 2.65. The van der Waals surface area contributed by atoms with Crippen molar-refractivity contribution in [3.63, 3.8) is 0 Å². The Kier molecular flexibility index (Phi) is 3.49. The zero-order valence-corrected chi connectivity index (χ0v) is 10.4. The van der Waals surface area contributed by atoms with Crippen molar-refractivity contribution in [2.24, 2.45) is 5.92 Å². The Bertz CT molecular complexity index is 331. The van der Waals surface area contributed by atoms with Crippen LogP contribution in [0.2, 0.25) is 0 Å². The summed E-state index contributed by atoms with van der Waals surface area (Å²) in [5, 5.41) is 3.54. The second-order valence-corrected chi connectivity index (χ2v) is 4.93. The predicted molar refractivity (Wildman–Crippen MR) is 66.7 cm³/mol. The molecule has 2 heteroatoms. The summed E-state index contributed by atoms with van der Waals surface area (Å²) >= 11 is 0.